The predicted molar refractivity (Wildman–Crippen MR) is 131 cm³/mol. The molecule has 1 aliphatic rings. The zero-order valence-corrected chi connectivity index (χ0v) is 19.3. The predicted octanol–water partition coefficient (Wildman–Crippen LogP) is 2.40. The van der Waals surface area contributed by atoms with Gasteiger partial charge in [0, 0.05) is 31.9 Å². The number of para-hydroxylation sites is 3. The second kappa shape index (κ2) is 10.0. The molecule has 5 rings (SSSR count). The molecule has 1 saturated heterocycles. The second-order valence-electron chi connectivity index (χ2n) is 8.79. The molecule has 0 spiro atoms. The van der Waals surface area contributed by atoms with Gasteiger partial charge in [-0.05, 0) is 43.0 Å². The van der Waals surface area contributed by atoms with Crippen LogP contribution in [0.4, 0.5) is 0 Å². The van der Waals surface area contributed by atoms with Crippen LogP contribution in [-0.2, 0) is 24.5 Å². The standard InChI is InChI=1S/C26H27N5O4/c32-24-12-15-30(26(34)28-24)17-25(33)29-13-10-19(11-14-29)16-31-22-9-5-4-8-21(22)27-23(31)18-35-20-6-2-1-3-7-20/h1-9,12,15,19H,10-11,13-14,16-18H2,(H,28,32,34). The van der Waals surface area contributed by atoms with Crippen molar-refractivity contribution in [1.29, 1.82) is 0 Å². The summed E-state index contributed by atoms with van der Waals surface area (Å²) in [6.07, 6.45) is 3.07. The zero-order chi connectivity index (χ0) is 24.2. The number of fused-ring (bicyclic) bond motifs is 1. The summed E-state index contributed by atoms with van der Waals surface area (Å²) >= 11 is 0. The molecule has 1 fully saturated rings. The molecule has 2 aromatic carbocycles. The van der Waals surface area contributed by atoms with Crippen molar-refractivity contribution in [3.05, 3.63) is 93.5 Å². The average molecular weight is 474 g/mol. The van der Waals surface area contributed by atoms with Crippen LogP contribution in [0.3, 0.4) is 0 Å². The maximum atomic E-state index is 12.7. The molecule has 0 saturated carbocycles. The maximum Gasteiger partial charge on any atom is 0.328 e. The minimum Gasteiger partial charge on any atom is -0.486 e. The van der Waals surface area contributed by atoms with Gasteiger partial charge in [0.1, 0.15) is 24.7 Å². The summed E-state index contributed by atoms with van der Waals surface area (Å²) in [5.74, 6) is 1.95. The number of imidazole rings is 1. The fourth-order valence-electron chi connectivity index (χ4n) is 4.54. The fourth-order valence-corrected chi connectivity index (χ4v) is 4.54. The van der Waals surface area contributed by atoms with Gasteiger partial charge in [-0.1, -0.05) is 30.3 Å². The third-order valence-corrected chi connectivity index (χ3v) is 6.46. The van der Waals surface area contributed by atoms with E-state index < -0.39 is 11.2 Å². The molecule has 1 aliphatic heterocycles. The molecule has 9 heteroatoms. The third-order valence-electron chi connectivity index (χ3n) is 6.46. The second-order valence-corrected chi connectivity index (χ2v) is 8.79. The summed E-state index contributed by atoms with van der Waals surface area (Å²) < 4.78 is 9.45. The number of ether oxygens (including phenoxy) is 1. The van der Waals surface area contributed by atoms with Crippen molar-refractivity contribution in [2.75, 3.05) is 13.1 Å². The summed E-state index contributed by atoms with van der Waals surface area (Å²) in [6, 6.07) is 19.0. The van der Waals surface area contributed by atoms with E-state index in [1.807, 2.05) is 48.5 Å². The van der Waals surface area contributed by atoms with E-state index in [9.17, 15) is 14.4 Å². The van der Waals surface area contributed by atoms with Gasteiger partial charge in [0.05, 0.1) is 11.0 Å². The Morgan fingerprint density at radius 2 is 1.74 bits per heavy atom. The first-order valence-corrected chi connectivity index (χ1v) is 11.8. The van der Waals surface area contributed by atoms with Gasteiger partial charge in [-0.2, -0.15) is 0 Å². The van der Waals surface area contributed by atoms with Gasteiger partial charge in [0.25, 0.3) is 5.56 Å². The highest BCUT2D eigenvalue weighted by atomic mass is 16.5. The van der Waals surface area contributed by atoms with Crippen LogP contribution < -0.4 is 16.0 Å². The van der Waals surface area contributed by atoms with E-state index in [0.717, 1.165) is 42.0 Å². The number of hydrogen-bond donors (Lipinski definition) is 1. The monoisotopic (exact) mass is 473 g/mol. The highest BCUT2D eigenvalue weighted by Crippen LogP contribution is 2.24. The molecule has 180 valence electrons. The molecule has 0 bridgehead atoms. The van der Waals surface area contributed by atoms with Crippen LogP contribution in [-0.4, -0.2) is 43.0 Å². The number of piperidine rings is 1. The van der Waals surface area contributed by atoms with Gasteiger partial charge in [-0.15, -0.1) is 0 Å². The Morgan fingerprint density at radius 1 is 1.00 bits per heavy atom. The molecular formula is C26H27N5O4. The van der Waals surface area contributed by atoms with Crippen LogP contribution in [0, 0.1) is 5.92 Å². The van der Waals surface area contributed by atoms with Crippen LogP contribution in [0.5, 0.6) is 5.75 Å². The Labute approximate surface area is 201 Å². The Bertz CT molecular complexity index is 1430. The highest BCUT2D eigenvalue weighted by Gasteiger charge is 2.25. The van der Waals surface area contributed by atoms with Gasteiger partial charge in [0.15, 0.2) is 0 Å². The van der Waals surface area contributed by atoms with Crippen molar-refractivity contribution in [2.45, 2.75) is 32.5 Å². The van der Waals surface area contributed by atoms with Crippen molar-refractivity contribution in [3.8, 4) is 5.75 Å². The van der Waals surface area contributed by atoms with Gasteiger partial charge >= 0.3 is 5.69 Å². The lowest BCUT2D eigenvalue weighted by Gasteiger charge is -2.32. The number of hydrogen-bond acceptors (Lipinski definition) is 5. The average Bonchev–Trinajstić information content (AvgIpc) is 3.22. The van der Waals surface area contributed by atoms with Gasteiger partial charge in [0.2, 0.25) is 5.91 Å². The Balaban J connectivity index is 1.24. The fraction of sp³-hybridized carbons (Fsp3) is 0.308. The molecule has 1 amide bonds. The number of nitrogens with zero attached hydrogens (tertiary/aromatic N) is 4. The van der Waals surface area contributed by atoms with Crippen molar-refractivity contribution in [3.63, 3.8) is 0 Å². The molecule has 0 aliphatic carbocycles. The quantitative estimate of drug-likeness (QED) is 0.444. The largest absolute Gasteiger partial charge is 0.486 e. The number of nitrogens with one attached hydrogen (secondary N) is 1. The first-order valence-electron chi connectivity index (χ1n) is 11.8. The summed E-state index contributed by atoms with van der Waals surface area (Å²) in [6.45, 7) is 2.36. The lowest BCUT2D eigenvalue weighted by Crippen LogP contribution is -2.42. The lowest BCUT2D eigenvalue weighted by molar-refractivity contribution is -0.133. The highest BCUT2D eigenvalue weighted by molar-refractivity contribution is 5.76. The van der Waals surface area contributed by atoms with Crippen LogP contribution in [0.2, 0.25) is 0 Å². The minimum absolute atomic E-state index is 0.0760. The number of benzene rings is 2. The summed E-state index contributed by atoms with van der Waals surface area (Å²) in [7, 11) is 0. The molecule has 1 N–H and O–H groups in total. The van der Waals surface area contributed by atoms with E-state index in [-0.39, 0.29) is 12.5 Å². The zero-order valence-electron chi connectivity index (χ0n) is 19.3. The van der Waals surface area contributed by atoms with Crippen molar-refractivity contribution < 1.29 is 9.53 Å². The van der Waals surface area contributed by atoms with E-state index in [0.29, 0.717) is 25.6 Å². The van der Waals surface area contributed by atoms with Crippen molar-refractivity contribution >= 4 is 16.9 Å². The van der Waals surface area contributed by atoms with E-state index in [2.05, 4.69) is 15.6 Å². The van der Waals surface area contributed by atoms with Gasteiger partial charge < -0.3 is 14.2 Å². The Morgan fingerprint density at radius 3 is 2.51 bits per heavy atom. The van der Waals surface area contributed by atoms with E-state index in [1.165, 1.54) is 16.8 Å². The maximum absolute atomic E-state index is 12.7. The molecular weight excluding hydrogens is 446 g/mol. The van der Waals surface area contributed by atoms with Crippen LogP contribution in [0.15, 0.2) is 76.4 Å². The van der Waals surface area contributed by atoms with Crippen LogP contribution >= 0.6 is 0 Å². The van der Waals surface area contributed by atoms with E-state index in [4.69, 9.17) is 9.72 Å². The normalized spacial score (nSPS) is 14.3. The first-order chi connectivity index (χ1) is 17.1. The molecule has 0 radical (unpaired) electrons. The summed E-state index contributed by atoms with van der Waals surface area (Å²) in [4.78, 5) is 44.6. The molecule has 9 nitrogen and oxygen atoms in total. The third kappa shape index (κ3) is 5.18. The van der Waals surface area contributed by atoms with Gasteiger partial charge in [-0.3, -0.25) is 19.1 Å². The molecule has 3 heterocycles. The SMILES string of the molecule is O=C(Cn1ccc(=O)[nH]c1=O)N1CCC(Cn2c(COc3ccccc3)nc3ccccc32)CC1. The molecule has 35 heavy (non-hydrogen) atoms. The topological polar surface area (TPSA) is 102 Å². The smallest absolute Gasteiger partial charge is 0.328 e. The number of H-pyrrole nitrogens is 1. The Hall–Kier alpha value is -4.14. The summed E-state index contributed by atoms with van der Waals surface area (Å²) in [5.41, 5.74) is 0.978. The van der Waals surface area contributed by atoms with E-state index >= 15 is 0 Å². The van der Waals surface area contributed by atoms with Gasteiger partial charge in [-0.25, -0.2) is 9.78 Å². The van der Waals surface area contributed by atoms with Crippen LogP contribution in [0.1, 0.15) is 18.7 Å². The lowest BCUT2D eigenvalue weighted by atomic mass is 9.96. The number of likely N-dealkylation sites (tertiary alicyclic amines) is 1. The molecule has 2 aromatic heterocycles. The number of carbonyl (C=O) groups is 1. The van der Waals surface area contributed by atoms with Crippen molar-refractivity contribution in [2.24, 2.45) is 5.92 Å². The number of amides is 1. The Kier molecular flexibility index (Phi) is 6.47. The van der Waals surface area contributed by atoms with E-state index in [1.54, 1.807) is 4.90 Å². The number of aromatic amines is 1. The van der Waals surface area contributed by atoms with Crippen molar-refractivity contribution in [1.82, 2.24) is 24.0 Å². The molecule has 0 unspecified atom stereocenters. The minimum atomic E-state index is -0.571. The number of carbonyl (C=O) groups excluding carboxylic acids is 1. The molecule has 4 aromatic rings. The summed E-state index contributed by atoms with van der Waals surface area (Å²) in [5, 5.41) is 0. The number of rotatable bonds is 7. The number of aromatic nitrogens is 4. The van der Waals surface area contributed by atoms with Crippen LogP contribution in [0.25, 0.3) is 11.0 Å². The first kappa shape index (κ1) is 22.6. The molecule has 0 atom stereocenters.